The van der Waals surface area contributed by atoms with Crippen LogP contribution >= 0.6 is 0 Å². The van der Waals surface area contributed by atoms with Crippen LogP contribution in [0.5, 0.6) is 0 Å². The Labute approximate surface area is 68.2 Å². The van der Waals surface area contributed by atoms with Crippen molar-refractivity contribution in [3.8, 4) is 0 Å². The SMILES string of the molecule is C=C(CC(C)CC)C(=O)OC. The average molecular weight is 156 g/mol. The maximum atomic E-state index is 10.8. The number of carbonyl (C=O) groups excluding carboxylic acids is 1. The second-order valence-corrected chi connectivity index (χ2v) is 2.81. The van der Waals surface area contributed by atoms with E-state index in [1.54, 1.807) is 0 Å². The van der Waals surface area contributed by atoms with Gasteiger partial charge in [0.15, 0.2) is 0 Å². The second kappa shape index (κ2) is 4.94. The fourth-order valence-corrected chi connectivity index (χ4v) is 0.793. The van der Waals surface area contributed by atoms with Gasteiger partial charge in [-0.05, 0) is 12.3 Å². The lowest BCUT2D eigenvalue weighted by atomic mass is 10.0. The Morgan fingerprint density at radius 1 is 1.64 bits per heavy atom. The summed E-state index contributed by atoms with van der Waals surface area (Å²) in [6.45, 7) is 7.82. The van der Waals surface area contributed by atoms with Gasteiger partial charge in [-0.3, -0.25) is 0 Å². The first-order chi connectivity index (χ1) is 5.11. The molecule has 0 aliphatic heterocycles. The van der Waals surface area contributed by atoms with E-state index >= 15 is 0 Å². The van der Waals surface area contributed by atoms with Gasteiger partial charge < -0.3 is 4.74 Å². The summed E-state index contributed by atoms with van der Waals surface area (Å²) in [5.41, 5.74) is 0.571. The van der Waals surface area contributed by atoms with Crippen LogP contribution in [0.1, 0.15) is 26.7 Å². The maximum Gasteiger partial charge on any atom is 0.333 e. The van der Waals surface area contributed by atoms with E-state index in [4.69, 9.17) is 0 Å². The third-order valence-electron chi connectivity index (χ3n) is 1.77. The van der Waals surface area contributed by atoms with Gasteiger partial charge in [0.05, 0.1) is 7.11 Å². The number of hydrogen-bond acceptors (Lipinski definition) is 2. The van der Waals surface area contributed by atoms with Crippen molar-refractivity contribution in [1.29, 1.82) is 0 Å². The van der Waals surface area contributed by atoms with Gasteiger partial charge in [0.1, 0.15) is 0 Å². The minimum Gasteiger partial charge on any atom is -0.466 e. The van der Waals surface area contributed by atoms with E-state index < -0.39 is 0 Å². The highest BCUT2D eigenvalue weighted by molar-refractivity contribution is 5.87. The van der Waals surface area contributed by atoms with Gasteiger partial charge in [-0.2, -0.15) is 0 Å². The molecule has 0 saturated carbocycles. The molecule has 0 aliphatic carbocycles. The average Bonchev–Trinajstić information content (AvgIpc) is 2.02. The minimum absolute atomic E-state index is 0.287. The highest BCUT2D eigenvalue weighted by Gasteiger charge is 2.09. The molecule has 0 spiro atoms. The van der Waals surface area contributed by atoms with Gasteiger partial charge >= 0.3 is 5.97 Å². The zero-order chi connectivity index (χ0) is 8.85. The van der Waals surface area contributed by atoms with Crippen molar-refractivity contribution < 1.29 is 9.53 Å². The highest BCUT2D eigenvalue weighted by atomic mass is 16.5. The molecule has 0 fully saturated rings. The lowest BCUT2D eigenvalue weighted by Gasteiger charge is -2.08. The third kappa shape index (κ3) is 3.81. The van der Waals surface area contributed by atoms with E-state index in [1.165, 1.54) is 7.11 Å². The zero-order valence-corrected chi connectivity index (χ0v) is 7.52. The molecule has 0 amide bonds. The van der Waals surface area contributed by atoms with E-state index in [0.29, 0.717) is 11.5 Å². The molecular weight excluding hydrogens is 140 g/mol. The van der Waals surface area contributed by atoms with Crippen LogP contribution in [0.4, 0.5) is 0 Å². The van der Waals surface area contributed by atoms with Crippen molar-refractivity contribution in [3.05, 3.63) is 12.2 Å². The highest BCUT2D eigenvalue weighted by Crippen LogP contribution is 2.13. The Morgan fingerprint density at radius 2 is 2.18 bits per heavy atom. The Hall–Kier alpha value is -0.790. The Morgan fingerprint density at radius 3 is 2.55 bits per heavy atom. The number of carbonyl (C=O) groups is 1. The normalized spacial score (nSPS) is 12.3. The van der Waals surface area contributed by atoms with Gasteiger partial charge in [-0.15, -0.1) is 0 Å². The van der Waals surface area contributed by atoms with E-state index in [9.17, 15) is 4.79 Å². The number of esters is 1. The van der Waals surface area contributed by atoms with Crippen LogP contribution in [0.3, 0.4) is 0 Å². The molecule has 11 heavy (non-hydrogen) atoms. The van der Waals surface area contributed by atoms with Crippen LogP contribution in [0, 0.1) is 5.92 Å². The molecule has 0 N–H and O–H groups in total. The van der Waals surface area contributed by atoms with E-state index in [2.05, 4.69) is 25.2 Å². The number of rotatable bonds is 4. The lowest BCUT2D eigenvalue weighted by Crippen LogP contribution is -2.06. The Balaban J connectivity index is 3.77. The molecule has 2 nitrogen and oxygen atoms in total. The first-order valence-corrected chi connectivity index (χ1v) is 3.87. The van der Waals surface area contributed by atoms with Gasteiger partial charge in [0.25, 0.3) is 0 Å². The van der Waals surface area contributed by atoms with Crippen molar-refractivity contribution in [2.24, 2.45) is 5.92 Å². The monoisotopic (exact) mass is 156 g/mol. The summed E-state index contributed by atoms with van der Waals surface area (Å²) in [4.78, 5) is 10.8. The van der Waals surface area contributed by atoms with Crippen LogP contribution in [-0.4, -0.2) is 13.1 Å². The van der Waals surface area contributed by atoms with Crippen LogP contribution in [0.25, 0.3) is 0 Å². The summed E-state index contributed by atoms with van der Waals surface area (Å²) in [6, 6.07) is 0. The molecule has 1 unspecified atom stereocenters. The molecule has 0 saturated heterocycles. The number of hydrogen-bond donors (Lipinski definition) is 0. The molecule has 0 aromatic rings. The lowest BCUT2D eigenvalue weighted by molar-refractivity contribution is -0.136. The molecule has 0 heterocycles. The van der Waals surface area contributed by atoms with Gasteiger partial charge in [-0.25, -0.2) is 4.79 Å². The summed E-state index contributed by atoms with van der Waals surface area (Å²) in [5.74, 6) is 0.229. The summed E-state index contributed by atoms with van der Waals surface area (Å²) in [6.07, 6.45) is 1.80. The van der Waals surface area contributed by atoms with Crippen molar-refractivity contribution in [1.82, 2.24) is 0 Å². The van der Waals surface area contributed by atoms with E-state index in [-0.39, 0.29) is 5.97 Å². The molecule has 0 aromatic heterocycles. The van der Waals surface area contributed by atoms with Crippen molar-refractivity contribution in [3.63, 3.8) is 0 Å². The predicted molar refractivity (Wildman–Crippen MR) is 45.2 cm³/mol. The minimum atomic E-state index is -0.287. The van der Waals surface area contributed by atoms with Crippen LogP contribution in [0.15, 0.2) is 12.2 Å². The topological polar surface area (TPSA) is 26.3 Å². The molecule has 0 aromatic carbocycles. The first kappa shape index (κ1) is 10.2. The van der Waals surface area contributed by atoms with Gasteiger partial charge in [0.2, 0.25) is 0 Å². The number of methoxy groups -OCH3 is 1. The summed E-state index contributed by atoms with van der Waals surface area (Å²) < 4.78 is 4.52. The molecule has 2 heteroatoms. The quantitative estimate of drug-likeness (QED) is 0.460. The van der Waals surface area contributed by atoms with E-state index in [0.717, 1.165) is 12.8 Å². The molecule has 0 rings (SSSR count). The molecule has 0 bridgehead atoms. The second-order valence-electron chi connectivity index (χ2n) is 2.81. The molecule has 0 aliphatic rings. The van der Waals surface area contributed by atoms with Crippen LogP contribution in [-0.2, 0) is 9.53 Å². The fourth-order valence-electron chi connectivity index (χ4n) is 0.793. The smallest absolute Gasteiger partial charge is 0.333 e. The number of ether oxygens (including phenoxy) is 1. The van der Waals surface area contributed by atoms with Gasteiger partial charge in [-0.1, -0.05) is 26.8 Å². The first-order valence-electron chi connectivity index (χ1n) is 3.87. The summed E-state index contributed by atoms with van der Waals surface area (Å²) in [7, 11) is 1.38. The van der Waals surface area contributed by atoms with Crippen LogP contribution in [0.2, 0.25) is 0 Å². The largest absolute Gasteiger partial charge is 0.466 e. The van der Waals surface area contributed by atoms with Crippen molar-refractivity contribution in [2.45, 2.75) is 26.7 Å². The molecule has 1 atom stereocenters. The Bertz CT molecular complexity index is 150. The zero-order valence-electron chi connectivity index (χ0n) is 7.52. The Kier molecular flexibility index (Phi) is 4.59. The third-order valence-corrected chi connectivity index (χ3v) is 1.77. The molecule has 64 valence electrons. The standard InChI is InChI=1S/C9H16O2/c1-5-7(2)6-8(3)9(10)11-4/h7H,3,5-6H2,1-2,4H3. The maximum absolute atomic E-state index is 10.8. The van der Waals surface area contributed by atoms with Crippen molar-refractivity contribution in [2.75, 3.05) is 7.11 Å². The van der Waals surface area contributed by atoms with Crippen molar-refractivity contribution >= 4 is 5.97 Å². The molecular formula is C9H16O2. The van der Waals surface area contributed by atoms with Crippen LogP contribution < -0.4 is 0 Å². The van der Waals surface area contributed by atoms with Gasteiger partial charge in [0, 0.05) is 5.57 Å². The molecule has 0 radical (unpaired) electrons. The summed E-state index contributed by atoms with van der Waals surface area (Å²) >= 11 is 0. The predicted octanol–water partition coefficient (Wildman–Crippen LogP) is 2.15. The van der Waals surface area contributed by atoms with E-state index in [1.807, 2.05) is 0 Å². The summed E-state index contributed by atoms with van der Waals surface area (Å²) in [5, 5.41) is 0. The fraction of sp³-hybridized carbons (Fsp3) is 0.667.